The molecule has 1 aliphatic heterocycles. The van der Waals surface area contributed by atoms with Crippen molar-refractivity contribution in [3.8, 4) is 50.6 Å². The summed E-state index contributed by atoms with van der Waals surface area (Å²) in [6, 6.07) is 54.7. The van der Waals surface area contributed by atoms with Crippen LogP contribution >= 0.6 is 23.7 Å². The third-order valence-corrected chi connectivity index (χ3v) is 19.2. The Morgan fingerprint density at radius 1 is 0.456 bits per heavy atom. The van der Waals surface area contributed by atoms with E-state index in [1.165, 1.54) is 0 Å². The monoisotopic (exact) mass is 823 g/mol. The number of hydrogen-bond acceptors (Lipinski definition) is 9. The van der Waals surface area contributed by atoms with Crippen LogP contribution in [-0.4, -0.2) is 19.8 Å². The van der Waals surface area contributed by atoms with Crippen LogP contribution in [0.15, 0.2) is 168 Å². The molecule has 0 fully saturated rings. The second kappa shape index (κ2) is 19.4. The van der Waals surface area contributed by atoms with Gasteiger partial charge in [0, 0.05) is 0 Å². The molecule has 0 saturated carbocycles. The molecular weight excluding hydrogens is 771 g/mol. The first kappa shape index (κ1) is 40.8. The Morgan fingerprint density at radius 2 is 0.860 bits per heavy atom. The Hall–Kier alpha value is -4.39. The van der Waals surface area contributed by atoms with Gasteiger partial charge in [0.15, 0.2) is 0 Å². The van der Waals surface area contributed by atoms with Gasteiger partial charge in [-0.3, -0.25) is 0 Å². The average molecular weight is 824 g/mol. The first-order valence-electron chi connectivity index (χ1n) is 19.6. The molecule has 9 nitrogen and oxygen atoms in total. The van der Waals surface area contributed by atoms with Gasteiger partial charge in [0.2, 0.25) is 0 Å². The number of nitrogens with one attached hydrogen (secondary N) is 2. The molecule has 0 bridgehead atoms. The molecule has 1 aliphatic rings. The average Bonchev–Trinajstić information content (AvgIpc) is 3.26. The van der Waals surface area contributed by atoms with Gasteiger partial charge in [-0.05, 0) is 0 Å². The molecule has 0 radical (unpaired) electrons. The summed E-state index contributed by atoms with van der Waals surface area (Å²) in [5.41, 5.74) is 6.53. The third kappa shape index (κ3) is 10.6. The van der Waals surface area contributed by atoms with E-state index in [0.717, 1.165) is 52.6 Å². The van der Waals surface area contributed by atoms with Gasteiger partial charge in [0.25, 0.3) is 0 Å². The van der Waals surface area contributed by atoms with Crippen molar-refractivity contribution in [1.82, 2.24) is 9.72 Å². The van der Waals surface area contributed by atoms with E-state index in [9.17, 15) is 0 Å². The number of hydrogen-bond donors (Lipinski definition) is 2. The van der Waals surface area contributed by atoms with Gasteiger partial charge in [-0.25, -0.2) is 0 Å². The van der Waals surface area contributed by atoms with Gasteiger partial charge in [-0.1, -0.05) is 0 Å². The molecule has 7 rings (SSSR count). The summed E-state index contributed by atoms with van der Waals surface area (Å²) in [7, 11) is -11.2. The van der Waals surface area contributed by atoms with E-state index in [1.807, 2.05) is 127 Å². The topological polar surface area (TPSA) is 91.8 Å². The molecule has 1 heterocycles. The number of benzene rings is 6. The quantitative estimate of drug-likeness (QED) is 0.0828. The van der Waals surface area contributed by atoms with Gasteiger partial charge >= 0.3 is 339 Å². The Morgan fingerprint density at radius 3 is 1.32 bits per heavy atom. The zero-order valence-electron chi connectivity index (χ0n) is 32.7. The number of rotatable bonds is 18. The minimum atomic E-state index is -3.92. The van der Waals surface area contributed by atoms with Crippen molar-refractivity contribution in [3.63, 3.8) is 0 Å². The van der Waals surface area contributed by atoms with Crippen LogP contribution in [0.5, 0.6) is 17.2 Å². The molecule has 57 heavy (non-hydrogen) atoms. The summed E-state index contributed by atoms with van der Waals surface area (Å²) in [6.07, 6.45) is 2.19. The Balaban J connectivity index is 1.32. The molecule has 12 heteroatoms. The second-order valence-corrected chi connectivity index (χ2v) is 21.1. The molecule has 0 aliphatic carbocycles. The molecule has 6 aromatic rings. The summed E-state index contributed by atoms with van der Waals surface area (Å²) >= 11 is 0. The van der Waals surface area contributed by atoms with Gasteiger partial charge in [-0.2, -0.15) is 0 Å². The summed E-state index contributed by atoms with van der Waals surface area (Å²) in [4.78, 5) is 7.31. The first-order valence-corrected chi connectivity index (χ1v) is 24.8. The predicted octanol–water partition coefficient (Wildman–Crippen LogP) is 13.5. The molecule has 2 N–H and O–H groups in total. The van der Waals surface area contributed by atoms with Crippen LogP contribution in [-0.2, 0) is 13.6 Å². The molecule has 298 valence electrons. The summed E-state index contributed by atoms with van der Waals surface area (Å²) < 4.78 is 46.7. The third-order valence-electron chi connectivity index (χ3n) is 8.99. The Labute approximate surface area is 338 Å². The maximum absolute atomic E-state index is 7.01. The Kier molecular flexibility index (Phi) is 13.9. The van der Waals surface area contributed by atoms with E-state index in [1.54, 1.807) is 0 Å². The van der Waals surface area contributed by atoms with Crippen LogP contribution in [0.25, 0.3) is 33.4 Å². The summed E-state index contributed by atoms with van der Waals surface area (Å²) in [6.45, 7) is 7.29. The first-order chi connectivity index (χ1) is 27.9. The van der Waals surface area contributed by atoms with E-state index in [-0.39, 0.29) is 0 Å². The van der Waals surface area contributed by atoms with Crippen molar-refractivity contribution in [2.24, 2.45) is 4.52 Å². The van der Waals surface area contributed by atoms with E-state index < -0.39 is 23.7 Å². The zero-order chi connectivity index (χ0) is 39.4. The van der Waals surface area contributed by atoms with Crippen molar-refractivity contribution in [3.05, 3.63) is 164 Å². The zero-order valence-corrected chi connectivity index (χ0v) is 35.6. The molecule has 0 spiro atoms. The van der Waals surface area contributed by atoms with Crippen molar-refractivity contribution < 1.29 is 27.1 Å². The molecule has 0 aromatic heterocycles. The van der Waals surface area contributed by atoms with Crippen LogP contribution in [0.3, 0.4) is 0 Å². The van der Waals surface area contributed by atoms with Crippen molar-refractivity contribution in [2.45, 2.75) is 40.0 Å². The Bertz CT molecular complexity index is 2200. The molecule has 1 atom stereocenters. The fraction of sp³-hybridized carbons (Fsp3) is 0.200. The molecule has 1 unspecified atom stereocenters. The maximum atomic E-state index is 7.01. The second-order valence-electron chi connectivity index (χ2n) is 13.6. The van der Waals surface area contributed by atoms with Crippen LogP contribution in [0.2, 0.25) is 0 Å². The van der Waals surface area contributed by atoms with E-state index in [4.69, 9.17) is 31.7 Å². The van der Waals surface area contributed by atoms with Crippen LogP contribution in [0, 0.1) is 0 Å². The fourth-order valence-electron chi connectivity index (χ4n) is 6.26. The van der Waals surface area contributed by atoms with E-state index in [2.05, 4.69) is 66.9 Å². The molecule has 0 amide bonds. The van der Waals surface area contributed by atoms with Crippen molar-refractivity contribution in [2.75, 3.05) is 19.8 Å². The van der Waals surface area contributed by atoms with Gasteiger partial charge in [0.1, 0.15) is 0 Å². The fourth-order valence-corrected chi connectivity index (χ4v) is 18.4. The normalized spacial score (nSPS) is 18.1. The molecular formula is C45H52N3O6P3. The minimum absolute atomic E-state index is 0.362. The van der Waals surface area contributed by atoms with Gasteiger partial charge in [-0.15, -0.1) is 0 Å². The van der Waals surface area contributed by atoms with E-state index >= 15 is 0 Å². The molecule has 6 aromatic carbocycles. The SMILES string of the molecule is CCCOP1(Oc2ccc(-c3ccccc3)cc2)=N[PH](OCCC)(Oc2ccc(-c3ccccc3)cc2)N[PH](OCCC)(Oc2ccc(-c3ccccc3)cc2)N1. The summed E-state index contributed by atoms with van der Waals surface area (Å²) in [5.74, 6) is 1.77. The number of nitrogens with zero attached hydrogens (tertiary/aromatic N) is 1. The summed E-state index contributed by atoms with van der Waals surface area (Å²) in [5, 5.41) is 0. The molecule has 0 saturated heterocycles. The van der Waals surface area contributed by atoms with Crippen LogP contribution < -0.4 is 23.3 Å². The predicted molar refractivity (Wildman–Crippen MR) is 238 cm³/mol. The van der Waals surface area contributed by atoms with Gasteiger partial charge in [0.05, 0.1) is 0 Å². The van der Waals surface area contributed by atoms with Crippen molar-refractivity contribution in [1.29, 1.82) is 0 Å². The van der Waals surface area contributed by atoms with Crippen LogP contribution in [0.4, 0.5) is 0 Å². The van der Waals surface area contributed by atoms with E-state index in [0.29, 0.717) is 37.1 Å². The van der Waals surface area contributed by atoms with Gasteiger partial charge < -0.3 is 0 Å². The standard InChI is InChI=1S/C45H52N3O6P3/c1-4-34-49-55(52-43-28-22-40(23-29-43)37-16-10-7-11-17-37)46-56(50-35-5-2,53-44-30-24-41(25-31-44)38-18-12-8-13-19-38)48-57(47-55,51-36-6-3)54-45-32-26-42(27-33-45)39-20-14-9-15-21-39/h7-33,46-47,55-56H,4-6,34-36H2,1-3H3. The van der Waals surface area contributed by atoms with Crippen LogP contribution in [0.1, 0.15) is 40.0 Å². The van der Waals surface area contributed by atoms with Crippen molar-refractivity contribution >= 4 is 23.7 Å².